The van der Waals surface area contributed by atoms with Gasteiger partial charge < -0.3 is 14.8 Å². The molecule has 134 valence electrons. The van der Waals surface area contributed by atoms with Gasteiger partial charge in [-0.3, -0.25) is 4.79 Å². The van der Waals surface area contributed by atoms with Crippen molar-refractivity contribution >= 4 is 23.8 Å². The van der Waals surface area contributed by atoms with E-state index in [4.69, 9.17) is 9.47 Å². The molecule has 1 N–H and O–H groups in total. The maximum absolute atomic E-state index is 12.1. The highest BCUT2D eigenvalue weighted by molar-refractivity contribution is 8.01. The molecule has 0 heterocycles. The largest absolute Gasteiger partial charge is 0.468 e. The Balaban J connectivity index is 2.79. The minimum Gasteiger partial charge on any atom is -0.468 e. The number of nitrogens with one attached hydrogen (secondary N) is 1. The van der Waals surface area contributed by atoms with Gasteiger partial charge in [-0.1, -0.05) is 29.8 Å². The van der Waals surface area contributed by atoms with Gasteiger partial charge in [-0.05, 0) is 40.2 Å². The van der Waals surface area contributed by atoms with Crippen LogP contribution in [0.2, 0.25) is 0 Å². The van der Waals surface area contributed by atoms with Crippen LogP contribution in [0.3, 0.4) is 0 Å². The van der Waals surface area contributed by atoms with E-state index in [-0.39, 0.29) is 16.6 Å². The van der Waals surface area contributed by atoms with Crippen molar-refractivity contribution < 1.29 is 19.1 Å². The van der Waals surface area contributed by atoms with E-state index >= 15 is 0 Å². The van der Waals surface area contributed by atoms with Crippen molar-refractivity contribution in [2.45, 2.75) is 57.3 Å². The van der Waals surface area contributed by atoms with Crippen molar-refractivity contribution in [3.63, 3.8) is 0 Å². The van der Waals surface area contributed by atoms with Crippen LogP contribution in [0.15, 0.2) is 24.3 Å². The molecule has 1 rings (SSSR count). The van der Waals surface area contributed by atoms with E-state index in [0.29, 0.717) is 6.42 Å². The maximum Gasteiger partial charge on any atom is 0.408 e. The first-order chi connectivity index (χ1) is 11.1. The normalized spacial score (nSPS) is 13.8. The summed E-state index contributed by atoms with van der Waals surface area (Å²) in [6.07, 6.45) is 0.0927. The fourth-order valence-electron chi connectivity index (χ4n) is 1.98. The molecular weight excluding hydrogens is 326 g/mol. The number of carbonyl (C=O) groups is 2. The summed E-state index contributed by atoms with van der Waals surface area (Å²) in [6, 6.07) is 8.08. The summed E-state index contributed by atoms with van der Waals surface area (Å²) in [7, 11) is 1.36. The number of hydrogen-bond acceptors (Lipinski definition) is 5. The molecule has 0 aliphatic heterocycles. The SMILES string of the molecule is COC(=O)C(C)SC(Cc1ccc(C)cc1)NC(=O)OC(C)(C)C. The minimum atomic E-state index is -0.572. The van der Waals surface area contributed by atoms with E-state index in [1.165, 1.54) is 24.4 Å². The number of methoxy groups -OCH3 is 1. The molecule has 0 saturated carbocycles. The van der Waals surface area contributed by atoms with E-state index in [0.717, 1.165) is 5.56 Å². The van der Waals surface area contributed by atoms with Crippen LogP contribution in [0, 0.1) is 6.92 Å². The summed E-state index contributed by atoms with van der Waals surface area (Å²) >= 11 is 1.34. The van der Waals surface area contributed by atoms with Gasteiger partial charge in [0, 0.05) is 6.42 Å². The predicted octanol–water partition coefficient (Wildman–Crippen LogP) is 3.68. The number of ether oxygens (including phenoxy) is 2. The Morgan fingerprint density at radius 3 is 2.29 bits per heavy atom. The number of benzene rings is 1. The van der Waals surface area contributed by atoms with E-state index in [1.54, 1.807) is 6.92 Å². The molecule has 0 aromatic heterocycles. The highest BCUT2D eigenvalue weighted by Gasteiger charge is 2.24. The Bertz CT molecular complexity index is 551. The van der Waals surface area contributed by atoms with E-state index in [9.17, 15) is 9.59 Å². The standard InChI is InChI=1S/C18H27NO4S/c1-12-7-9-14(10-8-12)11-15(24-13(2)16(20)22-6)19-17(21)23-18(3,4)5/h7-10,13,15H,11H2,1-6H3,(H,19,21). The van der Waals surface area contributed by atoms with Crippen molar-refractivity contribution in [3.8, 4) is 0 Å². The van der Waals surface area contributed by atoms with Gasteiger partial charge in [-0.2, -0.15) is 0 Å². The number of alkyl carbamates (subject to hydrolysis) is 1. The Hall–Kier alpha value is -1.69. The summed E-state index contributed by atoms with van der Waals surface area (Å²) in [5.74, 6) is -0.320. The average Bonchev–Trinajstić information content (AvgIpc) is 2.46. The molecule has 0 spiro atoms. The summed E-state index contributed by atoms with van der Waals surface area (Å²) in [6.45, 7) is 9.22. The van der Waals surface area contributed by atoms with Crippen LogP contribution in [0.25, 0.3) is 0 Å². The molecule has 1 aromatic carbocycles. The highest BCUT2D eigenvalue weighted by Crippen LogP contribution is 2.21. The van der Waals surface area contributed by atoms with Crippen LogP contribution in [-0.4, -0.2) is 35.4 Å². The minimum absolute atomic E-state index is 0.295. The van der Waals surface area contributed by atoms with Crippen LogP contribution in [-0.2, 0) is 20.7 Å². The van der Waals surface area contributed by atoms with Crippen LogP contribution in [0.5, 0.6) is 0 Å². The molecule has 0 fully saturated rings. The van der Waals surface area contributed by atoms with Gasteiger partial charge in [0.25, 0.3) is 0 Å². The van der Waals surface area contributed by atoms with Crippen LogP contribution in [0.1, 0.15) is 38.8 Å². The fourth-order valence-corrected chi connectivity index (χ4v) is 3.13. The third kappa shape index (κ3) is 7.73. The topological polar surface area (TPSA) is 64.6 Å². The smallest absolute Gasteiger partial charge is 0.408 e. The number of aryl methyl sites for hydroxylation is 1. The molecule has 1 amide bonds. The van der Waals surface area contributed by atoms with Gasteiger partial charge >= 0.3 is 12.1 Å². The van der Waals surface area contributed by atoms with Gasteiger partial charge in [-0.15, -0.1) is 11.8 Å². The zero-order valence-electron chi connectivity index (χ0n) is 15.2. The van der Waals surface area contributed by atoms with E-state index < -0.39 is 11.7 Å². The molecule has 24 heavy (non-hydrogen) atoms. The molecule has 0 saturated heterocycles. The van der Waals surface area contributed by atoms with Crippen molar-refractivity contribution in [1.82, 2.24) is 5.32 Å². The van der Waals surface area contributed by atoms with Gasteiger partial charge in [-0.25, -0.2) is 4.79 Å². The second-order valence-corrected chi connectivity index (χ2v) is 8.17. The van der Waals surface area contributed by atoms with E-state index in [1.807, 2.05) is 52.0 Å². The summed E-state index contributed by atoms with van der Waals surface area (Å²) in [4.78, 5) is 23.7. The molecule has 6 heteroatoms. The molecule has 2 unspecified atom stereocenters. The molecular formula is C18H27NO4S. The third-order valence-corrected chi connectivity index (χ3v) is 4.33. The third-order valence-electron chi connectivity index (χ3n) is 3.12. The Labute approximate surface area is 148 Å². The average molecular weight is 353 g/mol. The predicted molar refractivity (Wildman–Crippen MR) is 97.1 cm³/mol. The highest BCUT2D eigenvalue weighted by atomic mass is 32.2. The lowest BCUT2D eigenvalue weighted by molar-refractivity contribution is -0.139. The van der Waals surface area contributed by atoms with Gasteiger partial charge in [0.15, 0.2) is 0 Å². The van der Waals surface area contributed by atoms with E-state index in [2.05, 4.69) is 5.32 Å². The molecule has 0 aliphatic rings. The lowest BCUT2D eigenvalue weighted by Gasteiger charge is -2.24. The van der Waals surface area contributed by atoms with Crippen molar-refractivity contribution in [3.05, 3.63) is 35.4 Å². The van der Waals surface area contributed by atoms with Crippen molar-refractivity contribution in [1.29, 1.82) is 0 Å². The molecule has 0 bridgehead atoms. The van der Waals surface area contributed by atoms with Crippen LogP contribution >= 0.6 is 11.8 Å². The molecule has 1 aromatic rings. The number of amides is 1. The summed E-state index contributed by atoms with van der Waals surface area (Å²) in [5.41, 5.74) is 1.68. The zero-order valence-corrected chi connectivity index (χ0v) is 16.0. The Kier molecular flexibility index (Phi) is 7.60. The van der Waals surface area contributed by atoms with Crippen molar-refractivity contribution in [2.24, 2.45) is 0 Å². The summed E-state index contributed by atoms with van der Waals surface area (Å²) in [5, 5.41) is 2.16. The Morgan fingerprint density at radius 2 is 1.79 bits per heavy atom. The van der Waals surface area contributed by atoms with Crippen molar-refractivity contribution in [2.75, 3.05) is 7.11 Å². The molecule has 5 nitrogen and oxygen atoms in total. The second kappa shape index (κ2) is 8.97. The zero-order chi connectivity index (χ0) is 18.3. The molecule has 0 radical (unpaired) electrons. The number of thioether (sulfide) groups is 1. The first-order valence-corrected chi connectivity index (χ1v) is 8.83. The van der Waals surface area contributed by atoms with Gasteiger partial charge in [0.2, 0.25) is 0 Å². The fraction of sp³-hybridized carbons (Fsp3) is 0.556. The number of hydrogen-bond donors (Lipinski definition) is 1. The van der Waals surface area contributed by atoms with Gasteiger partial charge in [0.05, 0.1) is 12.5 Å². The molecule has 0 aliphatic carbocycles. The van der Waals surface area contributed by atoms with Crippen LogP contribution < -0.4 is 5.32 Å². The lowest BCUT2D eigenvalue weighted by Crippen LogP contribution is -2.40. The second-order valence-electron chi connectivity index (χ2n) is 6.63. The lowest BCUT2D eigenvalue weighted by atomic mass is 10.1. The molecule has 2 atom stereocenters. The quantitative estimate of drug-likeness (QED) is 0.624. The number of rotatable bonds is 6. The maximum atomic E-state index is 12.1. The number of carbonyl (C=O) groups excluding carboxylic acids is 2. The number of esters is 1. The monoisotopic (exact) mass is 353 g/mol. The Morgan fingerprint density at radius 1 is 1.21 bits per heavy atom. The van der Waals surface area contributed by atoms with Crippen LogP contribution in [0.4, 0.5) is 4.79 Å². The summed E-state index contributed by atoms with van der Waals surface area (Å²) < 4.78 is 10.1. The first kappa shape index (κ1) is 20.4. The van der Waals surface area contributed by atoms with Gasteiger partial charge in [0.1, 0.15) is 10.9 Å². The first-order valence-electron chi connectivity index (χ1n) is 7.89.